The highest BCUT2D eigenvalue weighted by atomic mass is 35.5. The molecule has 0 unspecified atom stereocenters. The van der Waals surface area contributed by atoms with Gasteiger partial charge >= 0.3 is 0 Å². The number of carbonyl (C=O) groups excluding carboxylic acids is 1. The van der Waals surface area contributed by atoms with E-state index in [4.69, 9.17) is 21.1 Å². The highest BCUT2D eigenvalue weighted by molar-refractivity contribution is 6.32. The smallest absolute Gasteiger partial charge is 0.227 e. The lowest BCUT2D eigenvalue weighted by Crippen LogP contribution is -2.63. The van der Waals surface area contributed by atoms with Gasteiger partial charge in [0.05, 0.1) is 11.4 Å². The van der Waals surface area contributed by atoms with Crippen LogP contribution in [0.3, 0.4) is 0 Å². The van der Waals surface area contributed by atoms with Crippen molar-refractivity contribution in [3.05, 3.63) is 22.7 Å². The maximum atomic E-state index is 13.4. The maximum Gasteiger partial charge on any atom is 0.227 e. The molecule has 2 aliphatic heterocycles. The molecule has 5 nitrogen and oxygen atoms in total. The minimum atomic E-state index is -0.00251. The summed E-state index contributed by atoms with van der Waals surface area (Å²) in [4.78, 5) is 15.5. The van der Waals surface area contributed by atoms with Gasteiger partial charge < -0.3 is 19.7 Å². The Labute approximate surface area is 180 Å². The van der Waals surface area contributed by atoms with E-state index in [0.29, 0.717) is 36.2 Å². The van der Waals surface area contributed by atoms with Crippen LogP contribution >= 0.6 is 11.6 Å². The largest absolute Gasteiger partial charge is 0.486 e. The average molecular weight is 423 g/mol. The second-order valence-corrected chi connectivity index (χ2v) is 10.1. The van der Waals surface area contributed by atoms with Crippen molar-refractivity contribution in [3.63, 3.8) is 0 Å². The van der Waals surface area contributed by atoms with Crippen LogP contribution in [0.2, 0.25) is 5.02 Å². The van der Waals surface area contributed by atoms with E-state index in [9.17, 15) is 4.79 Å². The minimum absolute atomic E-state index is 0.00251. The lowest BCUT2D eigenvalue weighted by atomic mass is 9.79. The van der Waals surface area contributed by atoms with Crippen molar-refractivity contribution >= 4 is 17.5 Å². The molecule has 162 valence electrons. The number of ether oxygens (including phenoxy) is 2. The molecule has 0 bridgehead atoms. The lowest BCUT2D eigenvalue weighted by molar-refractivity contribution is -0.134. The van der Waals surface area contributed by atoms with Crippen molar-refractivity contribution in [1.82, 2.24) is 10.2 Å². The molecule has 1 amide bonds. The molecule has 1 N–H and O–H groups in total. The second-order valence-electron chi connectivity index (χ2n) is 9.67. The van der Waals surface area contributed by atoms with Crippen molar-refractivity contribution < 1.29 is 14.3 Å². The van der Waals surface area contributed by atoms with Gasteiger partial charge in [-0.1, -0.05) is 24.9 Å². The number of unbranched alkanes of at least 4 members (excludes halogenated alkanes) is 1. The Bertz CT molecular complexity index is 732. The summed E-state index contributed by atoms with van der Waals surface area (Å²) in [7, 11) is 0. The van der Waals surface area contributed by atoms with Crippen molar-refractivity contribution in [2.45, 2.75) is 83.8 Å². The van der Waals surface area contributed by atoms with Gasteiger partial charge in [0.15, 0.2) is 11.5 Å². The Morgan fingerprint density at radius 1 is 1.17 bits per heavy atom. The van der Waals surface area contributed by atoms with Crippen LogP contribution in [0.4, 0.5) is 0 Å². The van der Waals surface area contributed by atoms with Crippen LogP contribution in [0.25, 0.3) is 0 Å². The minimum Gasteiger partial charge on any atom is -0.486 e. The third kappa shape index (κ3) is 5.58. The molecule has 0 spiro atoms. The number of nitrogens with one attached hydrogen (secondary N) is 1. The number of nitrogens with zero attached hydrogens (tertiary/aromatic N) is 1. The Kier molecular flexibility index (Phi) is 6.69. The fourth-order valence-electron chi connectivity index (χ4n) is 4.87. The van der Waals surface area contributed by atoms with Gasteiger partial charge in [0.2, 0.25) is 5.91 Å². The molecule has 2 heterocycles. The molecule has 6 heteroatoms. The molecule has 0 atom stereocenters. The predicted molar refractivity (Wildman–Crippen MR) is 117 cm³/mol. The topological polar surface area (TPSA) is 50.8 Å². The third-order valence-corrected chi connectivity index (χ3v) is 5.98. The van der Waals surface area contributed by atoms with Gasteiger partial charge in [0.25, 0.3) is 0 Å². The van der Waals surface area contributed by atoms with E-state index in [-0.39, 0.29) is 23.0 Å². The van der Waals surface area contributed by atoms with Crippen LogP contribution in [0, 0.1) is 0 Å². The highest BCUT2D eigenvalue weighted by Gasteiger charge is 2.41. The Hall–Kier alpha value is -1.46. The normalized spacial score (nSPS) is 20.3. The van der Waals surface area contributed by atoms with Gasteiger partial charge in [-0.25, -0.2) is 0 Å². The molecule has 0 saturated carbocycles. The summed E-state index contributed by atoms with van der Waals surface area (Å²) in [6.07, 6.45) is 4.31. The Morgan fingerprint density at radius 3 is 2.48 bits per heavy atom. The van der Waals surface area contributed by atoms with Gasteiger partial charge in [-0.3, -0.25) is 4.79 Å². The van der Waals surface area contributed by atoms with Gasteiger partial charge in [-0.15, -0.1) is 0 Å². The maximum absolute atomic E-state index is 13.4. The van der Waals surface area contributed by atoms with Gasteiger partial charge in [0, 0.05) is 23.7 Å². The van der Waals surface area contributed by atoms with Gasteiger partial charge in [-0.05, 0) is 64.7 Å². The predicted octanol–water partition coefficient (Wildman–Crippen LogP) is 4.59. The molecule has 3 rings (SSSR count). The van der Waals surface area contributed by atoms with Crippen molar-refractivity contribution in [2.75, 3.05) is 19.8 Å². The number of benzene rings is 1. The van der Waals surface area contributed by atoms with E-state index < -0.39 is 0 Å². The molecule has 2 aliphatic rings. The summed E-state index contributed by atoms with van der Waals surface area (Å²) in [5.41, 5.74) is 0.868. The van der Waals surface area contributed by atoms with E-state index in [0.717, 1.165) is 37.8 Å². The summed E-state index contributed by atoms with van der Waals surface area (Å²) in [6.45, 7) is 12.9. The first-order valence-corrected chi connectivity index (χ1v) is 11.1. The Balaban J connectivity index is 1.80. The SMILES string of the molecule is CCCCN(C(=O)Cc1cc(Cl)c2c(c1)OCCO2)C1CC(C)(C)NC(C)(C)C1. The summed E-state index contributed by atoms with van der Waals surface area (Å²) >= 11 is 6.38. The van der Waals surface area contributed by atoms with Gasteiger partial charge in [0.1, 0.15) is 13.2 Å². The zero-order valence-corrected chi connectivity index (χ0v) is 19.2. The molecule has 0 radical (unpaired) electrons. The van der Waals surface area contributed by atoms with Crippen LogP contribution < -0.4 is 14.8 Å². The third-order valence-electron chi connectivity index (χ3n) is 5.69. The average Bonchev–Trinajstić information content (AvgIpc) is 2.59. The fraction of sp³-hybridized carbons (Fsp3) is 0.696. The zero-order valence-electron chi connectivity index (χ0n) is 18.4. The van der Waals surface area contributed by atoms with E-state index in [1.807, 2.05) is 12.1 Å². The van der Waals surface area contributed by atoms with E-state index in [1.54, 1.807) is 0 Å². The monoisotopic (exact) mass is 422 g/mol. The number of rotatable bonds is 6. The molecule has 1 aromatic rings. The van der Waals surface area contributed by atoms with Crippen LogP contribution in [0.5, 0.6) is 11.5 Å². The van der Waals surface area contributed by atoms with E-state index in [1.165, 1.54) is 0 Å². The highest BCUT2D eigenvalue weighted by Crippen LogP contribution is 2.39. The number of hydrogen-bond donors (Lipinski definition) is 1. The van der Waals surface area contributed by atoms with E-state index >= 15 is 0 Å². The van der Waals surface area contributed by atoms with Crippen molar-refractivity contribution in [1.29, 1.82) is 0 Å². The first kappa shape index (κ1) is 22.2. The molecular formula is C23H35ClN2O3. The number of amides is 1. The van der Waals surface area contributed by atoms with Crippen LogP contribution in [0.1, 0.15) is 65.9 Å². The standard InChI is InChI=1S/C23H35ClN2O3/c1-6-7-8-26(17-14-22(2,3)25-23(4,5)15-17)20(27)13-16-11-18(24)21-19(12-16)28-9-10-29-21/h11-12,17,25H,6-10,13-15H2,1-5H3. The van der Waals surface area contributed by atoms with Crippen LogP contribution in [-0.2, 0) is 11.2 Å². The van der Waals surface area contributed by atoms with Crippen molar-refractivity contribution in [3.8, 4) is 11.5 Å². The molecular weight excluding hydrogens is 388 g/mol. The molecule has 1 aromatic carbocycles. The van der Waals surface area contributed by atoms with Crippen LogP contribution in [-0.4, -0.2) is 47.7 Å². The lowest BCUT2D eigenvalue weighted by Gasteiger charge is -2.49. The van der Waals surface area contributed by atoms with Crippen molar-refractivity contribution in [2.24, 2.45) is 0 Å². The Morgan fingerprint density at radius 2 is 1.83 bits per heavy atom. The number of piperidine rings is 1. The number of halogens is 1. The summed E-state index contributed by atoms with van der Waals surface area (Å²) in [5.74, 6) is 1.37. The summed E-state index contributed by atoms with van der Waals surface area (Å²) < 4.78 is 11.3. The zero-order chi connectivity index (χ0) is 21.2. The number of carbonyl (C=O) groups is 1. The first-order valence-electron chi connectivity index (χ1n) is 10.8. The first-order chi connectivity index (χ1) is 13.6. The molecule has 0 aliphatic carbocycles. The fourth-order valence-corrected chi connectivity index (χ4v) is 5.16. The number of hydrogen-bond acceptors (Lipinski definition) is 4. The summed E-state index contributed by atoms with van der Waals surface area (Å²) in [6, 6.07) is 3.96. The number of fused-ring (bicyclic) bond motifs is 1. The molecule has 1 fully saturated rings. The summed E-state index contributed by atoms with van der Waals surface area (Å²) in [5, 5.41) is 4.23. The quantitative estimate of drug-likeness (QED) is 0.728. The molecule has 0 aromatic heterocycles. The molecule has 29 heavy (non-hydrogen) atoms. The molecule has 1 saturated heterocycles. The second kappa shape index (κ2) is 8.73. The van der Waals surface area contributed by atoms with Gasteiger partial charge in [-0.2, -0.15) is 0 Å². The van der Waals surface area contributed by atoms with E-state index in [2.05, 4.69) is 44.8 Å². The van der Waals surface area contributed by atoms with Crippen LogP contribution in [0.15, 0.2) is 12.1 Å².